The van der Waals surface area contributed by atoms with Gasteiger partial charge in [0.15, 0.2) is 11.6 Å². The number of benzene rings is 3. The highest BCUT2D eigenvalue weighted by Crippen LogP contribution is 2.31. The first-order valence-electron chi connectivity index (χ1n) is 8.15. The molecule has 0 aliphatic carbocycles. The Morgan fingerprint density at radius 3 is 2.36 bits per heavy atom. The molecule has 0 aliphatic rings. The van der Waals surface area contributed by atoms with E-state index >= 15 is 0 Å². The number of nitro benzene ring substituents is 1. The van der Waals surface area contributed by atoms with Gasteiger partial charge in [-0.3, -0.25) is 14.9 Å². The van der Waals surface area contributed by atoms with Gasteiger partial charge >= 0.3 is 0 Å². The molecule has 0 fully saturated rings. The van der Waals surface area contributed by atoms with Crippen molar-refractivity contribution in [2.24, 2.45) is 0 Å². The molecule has 8 heteroatoms. The quantitative estimate of drug-likeness (QED) is 0.489. The van der Waals surface area contributed by atoms with Gasteiger partial charge in [-0.05, 0) is 30.3 Å². The van der Waals surface area contributed by atoms with Crippen LogP contribution < -0.4 is 14.8 Å². The summed E-state index contributed by atoms with van der Waals surface area (Å²) in [7, 11) is 1.49. The molecule has 0 heterocycles. The fraction of sp³-hybridized carbons (Fsp3) is 0.0500. The van der Waals surface area contributed by atoms with Gasteiger partial charge < -0.3 is 14.8 Å². The Balaban J connectivity index is 1.87. The lowest BCUT2D eigenvalue weighted by atomic mass is 10.1. The number of rotatable bonds is 6. The molecule has 3 aromatic carbocycles. The van der Waals surface area contributed by atoms with Crippen LogP contribution in [-0.4, -0.2) is 17.9 Å². The average Bonchev–Trinajstić information content (AvgIpc) is 2.70. The Bertz CT molecular complexity index is 1040. The third-order valence-corrected chi connectivity index (χ3v) is 3.83. The van der Waals surface area contributed by atoms with Crippen LogP contribution in [0.1, 0.15) is 10.4 Å². The average molecular weight is 382 g/mol. The Kier molecular flexibility index (Phi) is 5.50. The van der Waals surface area contributed by atoms with Gasteiger partial charge in [0, 0.05) is 6.07 Å². The monoisotopic (exact) mass is 382 g/mol. The molecule has 0 spiro atoms. The van der Waals surface area contributed by atoms with E-state index in [2.05, 4.69) is 5.32 Å². The number of ether oxygens (including phenoxy) is 2. The molecule has 3 rings (SSSR count). The minimum atomic E-state index is -0.908. The third-order valence-electron chi connectivity index (χ3n) is 3.83. The molecule has 1 N–H and O–H groups in total. The van der Waals surface area contributed by atoms with Crippen molar-refractivity contribution in [3.8, 4) is 17.2 Å². The van der Waals surface area contributed by atoms with Crippen molar-refractivity contribution in [1.29, 1.82) is 0 Å². The number of nitrogens with zero attached hydrogens (tertiary/aromatic N) is 1. The van der Waals surface area contributed by atoms with E-state index < -0.39 is 22.3 Å². The molecule has 0 aliphatic heterocycles. The van der Waals surface area contributed by atoms with Crippen molar-refractivity contribution < 1.29 is 23.6 Å². The lowest BCUT2D eigenvalue weighted by molar-refractivity contribution is -0.385. The van der Waals surface area contributed by atoms with Crippen LogP contribution in [0.15, 0.2) is 66.7 Å². The number of carbonyl (C=O) groups is 1. The van der Waals surface area contributed by atoms with Crippen molar-refractivity contribution in [2.45, 2.75) is 0 Å². The van der Waals surface area contributed by atoms with Crippen LogP contribution in [0, 0.1) is 15.9 Å². The number of nitrogens with one attached hydrogen (secondary N) is 1. The Labute approximate surface area is 159 Å². The molecule has 1 amide bonds. The first-order valence-corrected chi connectivity index (χ1v) is 8.15. The van der Waals surface area contributed by atoms with Crippen molar-refractivity contribution >= 4 is 17.3 Å². The number of carbonyl (C=O) groups excluding carboxylic acids is 1. The van der Waals surface area contributed by atoms with Crippen molar-refractivity contribution in [2.75, 3.05) is 12.4 Å². The summed E-state index contributed by atoms with van der Waals surface area (Å²) in [6.45, 7) is 0. The van der Waals surface area contributed by atoms with E-state index in [0.29, 0.717) is 11.4 Å². The van der Waals surface area contributed by atoms with Gasteiger partial charge in [-0.1, -0.05) is 24.3 Å². The normalized spacial score (nSPS) is 10.2. The molecule has 142 valence electrons. The minimum absolute atomic E-state index is 0.0997. The zero-order valence-corrected chi connectivity index (χ0v) is 14.7. The van der Waals surface area contributed by atoms with E-state index in [4.69, 9.17) is 9.47 Å². The third kappa shape index (κ3) is 4.07. The number of amides is 1. The summed E-state index contributed by atoms with van der Waals surface area (Å²) in [6, 6.07) is 16.2. The second-order valence-corrected chi connectivity index (χ2v) is 5.62. The van der Waals surface area contributed by atoms with E-state index in [1.165, 1.54) is 19.2 Å². The predicted molar refractivity (Wildman–Crippen MR) is 101 cm³/mol. The summed E-state index contributed by atoms with van der Waals surface area (Å²) >= 11 is 0. The topological polar surface area (TPSA) is 90.7 Å². The Morgan fingerprint density at radius 2 is 1.68 bits per heavy atom. The summed E-state index contributed by atoms with van der Waals surface area (Å²) in [5.41, 5.74) is 0.226. The van der Waals surface area contributed by atoms with Crippen LogP contribution >= 0.6 is 0 Å². The van der Waals surface area contributed by atoms with Crippen LogP contribution in [0.2, 0.25) is 0 Å². The molecule has 7 nitrogen and oxygen atoms in total. The number of hydrogen-bond acceptors (Lipinski definition) is 5. The summed E-state index contributed by atoms with van der Waals surface area (Å²) < 4.78 is 24.8. The standard InChI is InChI=1S/C20H15FN2O5/c1-27-19-9-5-3-7-16(19)22-20(24)14-6-2-4-8-17(14)28-18-11-10-13(23(25)26)12-15(18)21/h2-12H,1H3,(H,22,24). The lowest BCUT2D eigenvalue weighted by Crippen LogP contribution is -2.13. The van der Waals surface area contributed by atoms with Gasteiger partial charge in [0.2, 0.25) is 0 Å². The van der Waals surface area contributed by atoms with E-state index in [1.807, 2.05) is 0 Å². The molecule has 0 saturated carbocycles. The molecular formula is C20H15FN2O5. The molecule has 0 unspecified atom stereocenters. The molecule has 3 aromatic rings. The van der Waals surface area contributed by atoms with Crippen molar-refractivity contribution in [1.82, 2.24) is 0 Å². The molecular weight excluding hydrogens is 367 g/mol. The molecule has 0 saturated heterocycles. The van der Waals surface area contributed by atoms with E-state index in [9.17, 15) is 19.3 Å². The highest BCUT2D eigenvalue weighted by atomic mass is 19.1. The molecule has 0 bridgehead atoms. The zero-order chi connectivity index (χ0) is 20.1. The fourth-order valence-corrected chi connectivity index (χ4v) is 2.49. The molecule has 0 aromatic heterocycles. The Hall–Kier alpha value is -3.94. The second kappa shape index (κ2) is 8.17. The minimum Gasteiger partial charge on any atom is -0.495 e. The number of hydrogen-bond donors (Lipinski definition) is 1. The smallest absolute Gasteiger partial charge is 0.272 e. The van der Waals surface area contributed by atoms with Crippen LogP contribution in [0.5, 0.6) is 17.2 Å². The number of methoxy groups -OCH3 is 1. The number of anilines is 1. The maximum atomic E-state index is 14.1. The van der Waals surface area contributed by atoms with Gasteiger partial charge in [-0.15, -0.1) is 0 Å². The van der Waals surface area contributed by atoms with Crippen molar-refractivity contribution in [3.05, 3.63) is 88.2 Å². The number of nitro groups is 1. The highest BCUT2D eigenvalue weighted by Gasteiger charge is 2.17. The van der Waals surface area contributed by atoms with Crippen molar-refractivity contribution in [3.63, 3.8) is 0 Å². The first-order chi connectivity index (χ1) is 13.5. The van der Waals surface area contributed by atoms with Crippen LogP contribution in [-0.2, 0) is 0 Å². The summed E-state index contributed by atoms with van der Waals surface area (Å²) in [5, 5.41) is 13.4. The van der Waals surface area contributed by atoms with Gasteiger partial charge in [-0.2, -0.15) is 0 Å². The largest absolute Gasteiger partial charge is 0.495 e. The van der Waals surface area contributed by atoms with Crippen LogP contribution in [0.4, 0.5) is 15.8 Å². The number of non-ortho nitro benzene ring substituents is 1. The van der Waals surface area contributed by atoms with Crippen LogP contribution in [0.25, 0.3) is 0 Å². The van der Waals surface area contributed by atoms with Gasteiger partial charge in [0.25, 0.3) is 11.6 Å². The molecule has 28 heavy (non-hydrogen) atoms. The summed E-state index contributed by atoms with van der Waals surface area (Å²) in [6.07, 6.45) is 0. The van der Waals surface area contributed by atoms with Gasteiger partial charge in [-0.25, -0.2) is 4.39 Å². The second-order valence-electron chi connectivity index (χ2n) is 5.62. The number of para-hydroxylation sites is 3. The highest BCUT2D eigenvalue weighted by molar-refractivity contribution is 6.06. The summed E-state index contributed by atoms with van der Waals surface area (Å²) in [4.78, 5) is 22.7. The van der Waals surface area contributed by atoms with E-state index in [-0.39, 0.29) is 17.1 Å². The van der Waals surface area contributed by atoms with Gasteiger partial charge in [0.05, 0.1) is 29.4 Å². The number of halogens is 1. The SMILES string of the molecule is COc1ccccc1NC(=O)c1ccccc1Oc1ccc([N+](=O)[O-])cc1F. The molecule has 0 atom stereocenters. The van der Waals surface area contributed by atoms with Crippen LogP contribution in [0.3, 0.4) is 0 Å². The maximum Gasteiger partial charge on any atom is 0.272 e. The molecule has 0 radical (unpaired) electrons. The summed E-state index contributed by atoms with van der Waals surface area (Å²) in [5.74, 6) is -1.04. The first kappa shape index (κ1) is 18.8. The zero-order valence-electron chi connectivity index (χ0n) is 14.7. The lowest BCUT2D eigenvalue weighted by Gasteiger charge is -2.13. The van der Waals surface area contributed by atoms with Gasteiger partial charge in [0.1, 0.15) is 11.5 Å². The fourth-order valence-electron chi connectivity index (χ4n) is 2.49. The maximum absolute atomic E-state index is 14.1. The predicted octanol–water partition coefficient (Wildman–Crippen LogP) is 4.79. The van der Waals surface area contributed by atoms with E-state index in [1.54, 1.807) is 36.4 Å². The van der Waals surface area contributed by atoms with E-state index in [0.717, 1.165) is 18.2 Å². The Morgan fingerprint density at radius 1 is 1.00 bits per heavy atom.